The Balaban J connectivity index is 1.53. The number of rotatable bonds is 6. The van der Waals surface area contributed by atoms with Gasteiger partial charge in [0.25, 0.3) is 5.78 Å². The van der Waals surface area contributed by atoms with Crippen molar-refractivity contribution in [2.24, 2.45) is 0 Å². The average molecular weight is 398 g/mol. The zero-order chi connectivity index (χ0) is 20.4. The molecule has 3 heterocycles. The van der Waals surface area contributed by atoms with Crippen molar-refractivity contribution in [3.63, 3.8) is 0 Å². The van der Waals surface area contributed by atoms with Crippen molar-refractivity contribution < 1.29 is 14.3 Å². The Hall–Kier alpha value is -3.56. The lowest BCUT2D eigenvalue weighted by Crippen LogP contribution is -2.28. The summed E-state index contributed by atoms with van der Waals surface area (Å²) in [7, 11) is 3.06. The third kappa shape index (κ3) is 3.86. The molecule has 1 aromatic carbocycles. The third-order valence-corrected chi connectivity index (χ3v) is 4.80. The molecule has 0 aliphatic carbocycles. The van der Waals surface area contributed by atoms with Gasteiger partial charge in [0.05, 0.1) is 14.2 Å². The maximum Gasteiger partial charge on any atom is 0.352 e. The van der Waals surface area contributed by atoms with Crippen molar-refractivity contribution in [1.29, 1.82) is 0 Å². The molecule has 1 aliphatic rings. The summed E-state index contributed by atoms with van der Waals surface area (Å²) in [5, 5.41) is 6.94. The number of ether oxygens (including phenoxy) is 2. The monoisotopic (exact) mass is 398 g/mol. The van der Waals surface area contributed by atoms with Gasteiger partial charge < -0.3 is 19.7 Å². The lowest BCUT2D eigenvalue weighted by Gasteiger charge is -2.15. The van der Waals surface area contributed by atoms with E-state index in [0.717, 1.165) is 36.4 Å². The smallest absolute Gasteiger partial charge is 0.352 e. The van der Waals surface area contributed by atoms with Crippen molar-refractivity contribution >= 4 is 23.2 Å². The highest BCUT2D eigenvalue weighted by molar-refractivity contribution is 5.91. The van der Waals surface area contributed by atoms with Crippen molar-refractivity contribution in [1.82, 2.24) is 19.2 Å². The number of nitrogens with zero attached hydrogens (tertiary/aromatic N) is 5. The lowest BCUT2D eigenvalue weighted by molar-refractivity contribution is -0.117. The molecule has 4 rings (SSSR count). The molecule has 2 aromatic heterocycles. The molecule has 0 atom stereocenters. The van der Waals surface area contributed by atoms with Crippen LogP contribution in [0, 0.1) is 0 Å². The number of benzene rings is 1. The Morgan fingerprint density at radius 1 is 1.14 bits per heavy atom. The number of carbonyl (C=O) groups is 1. The SMILES string of the molecule is COc1cc(NC(=O)Cn2nc3nc(N4CCCC4)ccn3c2=O)cc(OC)c1. The molecule has 10 heteroatoms. The summed E-state index contributed by atoms with van der Waals surface area (Å²) in [6.07, 6.45) is 3.90. The molecular formula is C19H22N6O4. The third-order valence-electron chi connectivity index (χ3n) is 4.80. The first-order valence-electron chi connectivity index (χ1n) is 9.31. The first kappa shape index (κ1) is 18.8. The number of fused-ring (bicyclic) bond motifs is 1. The lowest BCUT2D eigenvalue weighted by atomic mass is 10.2. The Morgan fingerprint density at radius 2 is 1.83 bits per heavy atom. The fraction of sp³-hybridized carbons (Fsp3) is 0.368. The molecule has 0 unspecified atom stereocenters. The number of anilines is 2. The second kappa shape index (κ2) is 7.82. The average Bonchev–Trinajstić information content (AvgIpc) is 3.36. The summed E-state index contributed by atoms with van der Waals surface area (Å²) in [6, 6.07) is 6.83. The minimum absolute atomic E-state index is 0.235. The van der Waals surface area contributed by atoms with Gasteiger partial charge in [-0.2, -0.15) is 4.98 Å². The Morgan fingerprint density at radius 3 is 2.48 bits per heavy atom. The van der Waals surface area contributed by atoms with Gasteiger partial charge in [0.15, 0.2) is 0 Å². The maximum absolute atomic E-state index is 12.5. The second-order valence-corrected chi connectivity index (χ2v) is 6.74. The van der Waals surface area contributed by atoms with Crippen molar-refractivity contribution in [2.75, 3.05) is 37.5 Å². The highest BCUT2D eigenvalue weighted by atomic mass is 16.5. The first-order valence-corrected chi connectivity index (χ1v) is 9.31. The van der Waals surface area contributed by atoms with Crippen LogP contribution in [0.5, 0.6) is 11.5 Å². The van der Waals surface area contributed by atoms with Gasteiger partial charge in [0.2, 0.25) is 5.91 Å². The number of hydrogen-bond acceptors (Lipinski definition) is 7. The molecule has 1 N–H and O–H groups in total. The molecule has 152 valence electrons. The van der Waals surface area contributed by atoms with Crippen LogP contribution in [0.15, 0.2) is 35.3 Å². The molecule has 0 spiro atoms. The summed E-state index contributed by atoms with van der Waals surface area (Å²) >= 11 is 0. The largest absolute Gasteiger partial charge is 0.497 e. The molecule has 1 fully saturated rings. The molecule has 3 aromatic rings. The molecule has 1 amide bonds. The van der Waals surface area contributed by atoms with E-state index in [4.69, 9.17) is 9.47 Å². The summed E-state index contributed by atoms with van der Waals surface area (Å²) in [4.78, 5) is 31.6. The van der Waals surface area contributed by atoms with Gasteiger partial charge >= 0.3 is 5.69 Å². The Kier molecular flexibility index (Phi) is 5.07. The summed E-state index contributed by atoms with van der Waals surface area (Å²) in [5.74, 6) is 1.76. The van der Waals surface area contributed by atoms with Gasteiger partial charge in [-0.05, 0) is 18.9 Å². The van der Waals surface area contributed by atoms with Gasteiger partial charge in [0, 0.05) is 43.2 Å². The molecular weight excluding hydrogens is 376 g/mol. The zero-order valence-electron chi connectivity index (χ0n) is 16.3. The molecule has 0 bridgehead atoms. The van der Waals surface area contributed by atoms with Crippen LogP contribution in [0.2, 0.25) is 0 Å². The van der Waals surface area contributed by atoms with Crippen LogP contribution in [-0.2, 0) is 11.3 Å². The number of carbonyl (C=O) groups excluding carboxylic acids is 1. The predicted molar refractivity (Wildman–Crippen MR) is 107 cm³/mol. The van der Waals surface area contributed by atoms with Gasteiger partial charge in [-0.3, -0.25) is 4.79 Å². The van der Waals surface area contributed by atoms with Crippen LogP contribution < -0.4 is 25.4 Å². The maximum atomic E-state index is 12.5. The minimum Gasteiger partial charge on any atom is -0.497 e. The molecule has 29 heavy (non-hydrogen) atoms. The standard InChI is InChI=1S/C19H22N6O4/c1-28-14-9-13(10-15(11-14)29-2)20-17(26)12-25-19(27)24-8-5-16(21-18(24)22-25)23-6-3-4-7-23/h5,8-11H,3-4,6-7,12H2,1-2H3,(H,20,26). The highest BCUT2D eigenvalue weighted by Crippen LogP contribution is 2.25. The van der Waals surface area contributed by atoms with Gasteiger partial charge in [-0.1, -0.05) is 0 Å². The van der Waals surface area contributed by atoms with Gasteiger partial charge in [0.1, 0.15) is 23.9 Å². The summed E-state index contributed by atoms with van der Waals surface area (Å²) in [5.41, 5.74) is 0.0799. The van der Waals surface area contributed by atoms with E-state index in [2.05, 4.69) is 20.3 Å². The van der Waals surface area contributed by atoms with E-state index in [-0.39, 0.29) is 12.3 Å². The molecule has 1 saturated heterocycles. The number of nitrogens with one attached hydrogen (secondary N) is 1. The topological polar surface area (TPSA) is 103 Å². The quantitative estimate of drug-likeness (QED) is 0.664. The normalized spacial score (nSPS) is 13.7. The van der Waals surface area contributed by atoms with E-state index in [0.29, 0.717) is 17.2 Å². The van der Waals surface area contributed by atoms with Crippen LogP contribution in [-0.4, -0.2) is 52.4 Å². The van der Waals surface area contributed by atoms with Crippen LogP contribution in [0.4, 0.5) is 11.5 Å². The Labute approximate surface area is 166 Å². The predicted octanol–water partition coefficient (Wildman–Crippen LogP) is 1.15. The molecule has 1 aliphatic heterocycles. The molecule has 10 nitrogen and oxygen atoms in total. The van der Waals surface area contributed by atoms with Gasteiger partial charge in [-0.15, -0.1) is 5.10 Å². The minimum atomic E-state index is -0.418. The van der Waals surface area contributed by atoms with Crippen LogP contribution in [0.1, 0.15) is 12.8 Å². The second-order valence-electron chi connectivity index (χ2n) is 6.74. The van der Waals surface area contributed by atoms with E-state index in [1.165, 1.54) is 18.6 Å². The number of amides is 1. The first-order chi connectivity index (χ1) is 14.1. The zero-order valence-corrected chi connectivity index (χ0v) is 16.3. The number of hydrogen-bond donors (Lipinski definition) is 1. The van der Waals surface area contributed by atoms with Crippen molar-refractivity contribution in [3.05, 3.63) is 40.9 Å². The van der Waals surface area contributed by atoms with Crippen molar-refractivity contribution in [2.45, 2.75) is 19.4 Å². The van der Waals surface area contributed by atoms with Crippen LogP contribution in [0.3, 0.4) is 0 Å². The van der Waals surface area contributed by atoms with E-state index in [9.17, 15) is 9.59 Å². The van der Waals surface area contributed by atoms with E-state index >= 15 is 0 Å². The van der Waals surface area contributed by atoms with E-state index in [1.54, 1.807) is 30.5 Å². The van der Waals surface area contributed by atoms with E-state index < -0.39 is 11.6 Å². The van der Waals surface area contributed by atoms with Crippen molar-refractivity contribution in [3.8, 4) is 11.5 Å². The highest BCUT2D eigenvalue weighted by Gasteiger charge is 2.17. The fourth-order valence-electron chi connectivity index (χ4n) is 3.34. The van der Waals surface area contributed by atoms with Crippen LogP contribution >= 0.6 is 0 Å². The number of methoxy groups -OCH3 is 2. The van der Waals surface area contributed by atoms with Gasteiger partial charge in [-0.25, -0.2) is 13.9 Å². The molecule has 0 saturated carbocycles. The Bertz CT molecular complexity index is 1080. The van der Waals surface area contributed by atoms with Crippen LogP contribution in [0.25, 0.3) is 5.78 Å². The summed E-state index contributed by atoms with van der Waals surface area (Å²) < 4.78 is 12.8. The number of aromatic nitrogens is 4. The fourth-order valence-corrected chi connectivity index (χ4v) is 3.34. The summed E-state index contributed by atoms with van der Waals surface area (Å²) in [6.45, 7) is 1.65. The van der Waals surface area contributed by atoms with E-state index in [1.807, 2.05) is 0 Å². The molecule has 0 radical (unpaired) electrons.